The molecule has 1 aromatic heterocycles. The lowest BCUT2D eigenvalue weighted by Gasteiger charge is -2.17. The normalized spacial score (nSPS) is 10.6. The topological polar surface area (TPSA) is 25.2 Å². The molecule has 0 aliphatic carbocycles. The molecule has 96 valence electrons. The van der Waals surface area contributed by atoms with Crippen LogP contribution in [-0.4, -0.2) is 29.0 Å². The molecule has 1 heterocycles. The van der Waals surface area contributed by atoms with Crippen LogP contribution in [0.2, 0.25) is 0 Å². The highest BCUT2D eigenvalue weighted by atomic mass is 16.2. The summed E-state index contributed by atoms with van der Waals surface area (Å²) in [5, 5.41) is 0. The van der Waals surface area contributed by atoms with Gasteiger partial charge in [-0.05, 0) is 32.4 Å². The van der Waals surface area contributed by atoms with Crippen LogP contribution in [0.1, 0.15) is 37.6 Å². The van der Waals surface area contributed by atoms with Crippen LogP contribution in [0.4, 0.5) is 0 Å². The number of carbonyl (C=O) groups is 1. The van der Waals surface area contributed by atoms with E-state index in [0.29, 0.717) is 6.42 Å². The van der Waals surface area contributed by atoms with E-state index in [4.69, 9.17) is 0 Å². The molecule has 0 aliphatic rings. The average Bonchev–Trinajstić information content (AvgIpc) is 2.63. The number of carbonyl (C=O) groups excluding carboxylic acids is 1. The van der Waals surface area contributed by atoms with Crippen molar-refractivity contribution < 1.29 is 4.79 Å². The van der Waals surface area contributed by atoms with Gasteiger partial charge in [0, 0.05) is 37.9 Å². The number of aromatic nitrogens is 1. The molecular weight excluding hydrogens is 212 g/mol. The maximum absolute atomic E-state index is 11.9. The van der Waals surface area contributed by atoms with Gasteiger partial charge in [-0.15, -0.1) is 0 Å². The van der Waals surface area contributed by atoms with E-state index in [9.17, 15) is 4.79 Å². The van der Waals surface area contributed by atoms with E-state index in [-0.39, 0.29) is 5.91 Å². The lowest BCUT2D eigenvalue weighted by molar-refractivity contribution is -0.130. The second-order valence-electron chi connectivity index (χ2n) is 4.69. The number of rotatable bonds is 6. The van der Waals surface area contributed by atoms with Crippen molar-refractivity contribution >= 4 is 5.91 Å². The van der Waals surface area contributed by atoms with Crippen molar-refractivity contribution in [2.24, 2.45) is 0 Å². The zero-order chi connectivity index (χ0) is 12.8. The van der Waals surface area contributed by atoms with Crippen molar-refractivity contribution in [1.29, 1.82) is 0 Å². The SMILES string of the molecule is CCCCN(C)C(=O)CCn1c(C)ccc1C. The van der Waals surface area contributed by atoms with Crippen molar-refractivity contribution in [2.45, 2.75) is 46.6 Å². The van der Waals surface area contributed by atoms with E-state index in [0.717, 1.165) is 25.9 Å². The Morgan fingerprint density at radius 3 is 2.41 bits per heavy atom. The maximum Gasteiger partial charge on any atom is 0.224 e. The van der Waals surface area contributed by atoms with E-state index in [1.807, 2.05) is 11.9 Å². The predicted molar refractivity (Wildman–Crippen MR) is 71.1 cm³/mol. The van der Waals surface area contributed by atoms with Crippen LogP contribution in [0.15, 0.2) is 12.1 Å². The van der Waals surface area contributed by atoms with Gasteiger partial charge >= 0.3 is 0 Å². The number of unbranched alkanes of at least 4 members (excludes halogenated alkanes) is 1. The Balaban J connectivity index is 2.43. The molecule has 0 fully saturated rings. The summed E-state index contributed by atoms with van der Waals surface area (Å²) in [6.07, 6.45) is 2.81. The Bertz CT molecular complexity index is 349. The molecule has 0 atom stereocenters. The first-order valence-electron chi connectivity index (χ1n) is 6.43. The summed E-state index contributed by atoms with van der Waals surface area (Å²) in [5.41, 5.74) is 2.46. The number of hydrogen-bond acceptors (Lipinski definition) is 1. The van der Waals surface area contributed by atoms with Gasteiger partial charge < -0.3 is 9.47 Å². The standard InChI is InChI=1S/C14H24N2O/c1-5-6-10-15(4)14(17)9-11-16-12(2)7-8-13(16)3/h7-8H,5-6,9-11H2,1-4H3. The molecule has 3 nitrogen and oxygen atoms in total. The molecule has 0 saturated heterocycles. The average molecular weight is 236 g/mol. The molecule has 0 aliphatic heterocycles. The smallest absolute Gasteiger partial charge is 0.224 e. The van der Waals surface area contributed by atoms with Gasteiger partial charge in [0.1, 0.15) is 0 Å². The Labute approximate surface area is 104 Å². The zero-order valence-corrected chi connectivity index (χ0v) is 11.5. The molecule has 1 amide bonds. The second kappa shape index (κ2) is 6.48. The minimum Gasteiger partial charge on any atom is -0.349 e. The molecule has 3 heteroatoms. The van der Waals surface area contributed by atoms with E-state index in [2.05, 4.69) is 37.5 Å². The molecule has 1 aromatic rings. The molecule has 1 rings (SSSR count). The molecule has 0 bridgehead atoms. The summed E-state index contributed by atoms with van der Waals surface area (Å²) >= 11 is 0. The fraction of sp³-hybridized carbons (Fsp3) is 0.643. The number of hydrogen-bond donors (Lipinski definition) is 0. The van der Waals surface area contributed by atoms with Crippen molar-refractivity contribution in [3.05, 3.63) is 23.5 Å². The van der Waals surface area contributed by atoms with Crippen LogP contribution in [0.5, 0.6) is 0 Å². The predicted octanol–water partition coefficient (Wildman–Crippen LogP) is 2.75. The van der Waals surface area contributed by atoms with E-state index in [1.165, 1.54) is 11.4 Å². The summed E-state index contributed by atoms with van der Waals surface area (Å²) in [4.78, 5) is 13.7. The summed E-state index contributed by atoms with van der Waals surface area (Å²) in [6, 6.07) is 4.20. The summed E-state index contributed by atoms with van der Waals surface area (Å²) in [6.45, 7) is 7.97. The van der Waals surface area contributed by atoms with Crippen LogP contribution in [0.25, 0.3) is 0 Å². The lowest BCUT2D eigenvalue weighted by Crippen LogP contribution is -2.28. The lowest BCUT2D eigenvalue weighted by atomic mass is 10.3. The summed E-state index contributed by atoms with van der Waals surface area (Å²) in [5.74, 6) is 0.242. The molecule has 0 aromatic carbocycles. The van der Waals surface area contributed by atoms with Crippen LogP contribution >= 0.6 is 0 Å². The van der Waals surface area contributed by atoms with E-state index >= 15 is 0 Å². The fourth-order valence-electron chi connectivity index (χ4n) is 1.97. The van der Waals surface area contributed by atoms with Crippen molar-refractivity contribution in [3.8, 4) is 0 Å². The first kappa shape index (κ1) is 13.8. The Morgan fingerprint density at radius 1 is 1.29 bits per heavy atom. The minimum absolute atomic E-state index is 0.242. The van der Waals surface area contributed by atoms with Gasteiger partial charge in [-0.1, -0.05) is 13.3 Å². The Morgan fingerprint density at radius 2 is 1.88 bits per heavy atom. The zero-order valence-electron chi connectivity index (χ0n) is 11.5. The van der Waals surface area contributed by atoms with Gasteiger partial charge in [0.2, 0.25) is 5.91 Å². The van der Waals surface area contributed by atoms with Crippen molar-refractivity contribution in [3.63, 3.8) is 0 Å². The first-order valence-corrected chi connectivity index (χ1v) is 6.43. The monoisotopic (exact) mass is 236 g/mol. The molecular formula is C14H24N2O. The maximum atomic E-state index is 11.9. The van der Waals surface area contributed by atoms with Gasteiger partial charge in [-0.2, -0.15) is 0 Å². The van der Waals surface area contributed by atoms with Crippen LogP contribution in [0.3, 0.4) is 0 Å². The Hall–Kier alpha value is -1.25. The van der Waals surface area contributed by atoms with Crippen molar-refractivity contribution in [2.75, 3.05) is 13.6 Å². The van der Waals surface area contributed by atoms with E-state index in [1.54, 1.807) is 0 Å². The highest BCUT2D eigenvalue weighted by Gasteiger charge is 2.09. The highest BCUT2D eigenvalue weighted by molar-refractivity contribution is 5.75. The Kier molecular flexibility index (Phi) is 5.26. The molecule has 0 unspecified atom stereocenters. The third-order valence-corrected chi connectivity index (χ3v) is 3.24. The van der Waals surface area contributed by atoms with Gasteiger partial charge in [0.15, 0.2) is 0 Å². The molecule has 0 radical (unpaired) electrons. The quantitative estimate of drug-likeness (QED) is 0.745. The number of aryl methyl sites for hydroxylation is 2. The summed E-state index contributed by atoms with van der Waals surface area (Å²) in [7, 11) is 1.90. The molecule has 17 heavy (non-hydrogen) atoms. The largest absolute Gasteiger partial charge is 0.349 e. The van der Waals surface area contributed by atoms with Gasteiger partial charge in [0.25, 0.3) is 0 Å². The van der Waals surface area contributed by atoms with Crippen LogP contribution in [0, 0.1) is 13.8 Å². The number of nitrogens with zero attached hydrogens (tertiary/aromatic N) is 2. The molecule has 0 spiro atoms. The van der Waals surface area contributed by atoms with Crippen molar-refractivity contribution in [1.82, 2.24) is 9.47 Å². The fourth-order valence-corrected chi connectivity index (χ4v) is 1.97. The van der Waals surface area contributed by atoms with Gasteiger partial charge in [-0.25, -0.2) is 0 Å². The molecule has 0 N–H and O–H groups in total. The highest BCUT2D eigenvalue weighted by Crippen LogP contribution is 2.08. The minimum atomic E-state index is 0.242. The third-order valence-electron chi connectivity index (χ3n) is 3.24. The number of amides is 1. The van der Waals surface area contributed by atoms with Crippen LogP contribution in [-0.2, 0) is 11.3 Å². The second-order valence-corrected chi connectivity index (χ2v) is 4.69. The van der Waals surface area contributed by atoms with Gasteiger partial charge in [0.05, 0.1) is 0 Å². The third kappa shape index (κ3) is 3.91. The van der Waals surface area contributed by atoms with Crippen LogP contribution < -0.4 is 0 Å². The summed E-state index contributed by atoms with van der Waals surface area (Å²) < 4.78 is 2.20. The van der Waals surface area contributed by atoms with E-state index < -0.39 is 0 Å². The molecule has 0 saturated carbocycles. The van der Waals surface area contributed by atoms with Gasteiger partial charge in [-0.3, -0.25) is 4.79 Å². The first-order chi connectivity index (χ1) is 8.06.